The Balaban J connectivity index is 1.68. The molecule has 1 heterocycles. The molecule has 0 amide bonds. The molecular weight excluding hydrogens is 423 g/mol. The highest BCUT2D eigenvalue weighted by atomic mass is 35.5. The normalized spacial score (nSPS) is 11.6. The summed E-state index contributed by atoms with van der Waals surface area (Å²) in [5.41, 5.74) is 1.84. The average molecular weight is 441 g/mol. The van der Waals surface area contributed by atoms with E-state index in [0.29, 0.717) is 46.8 Å². The van der Waals surface area contributed by atoms with Crippen molar-refractivity contribution in [3.63, 3.8) is 0 Å². The van der Waals surface area contributed by atoms with Gasteiger partial charge in [-0.05, 0) is 41.8 Å². The first-order valence-corrected chi connectivity index (χ1v) is 11.0. The molecule has 148 valence electrons. The molecule has 28 heavy (non-hydrogen) atoms. The number of aryl methyl sites for hydroxylation is 2. The standard InChI is InChI=1S/C19H18Cl2N2O4S/c1-26-16-10-13(4-7-17(16)28(2,24)25)11-18-22-19(27-23-18)8-5-12-3-6-14(20)15(21)9-12/h3-4,6-7,9-10H,5,8,11H2,1-2H3. The molecular formula is C19H18Cl2N2O4S. The first-order valence-electron chi connectivity index (χ1n) is 8.38. The minimum atomic E-state index is -3.36. The summed E-state index contributed by atoms with van der Waals surface area (Å²) in [7, 11) is -1.93. The van der Waals surface area contributed by atoms with E-state index >= 15 is 0 Å². The zero-order valence-electron chi connectivity index (χ0n) is 15.3. The molecule has 0 bridgehead atoms. The van der Waals surface area contributed by atoms with Crippen LogP contribution in [0.1, 0.15) is 22.8 Å². The molecule has 0 atom stereocenters. The van der Waals surface area contributed by atoms with Gasteiger partial charge in [-0.1, -0.05) is 40.5 Å². The van der Waals surface area contributed by atoms with Crippen LogP contribution in [0.4, 0.5) is 0 Å². The first kappa shape index (κ1) is 20.6. The summed E-state index contributed by atoms with van der Waals surface area (Å²) < 4.78 is 34.1. The van der Waals surface area contributed by atoms with E-state index < -0.39 is 9.84 Å². The fourth-order valence-corrected chi connectivity index (χ4v) is 3.86. The lowest BCUT2D eigenvalue weighted by Gasteiger charge is -2.08. The summed E-state index contributed by atoms with van der Waals surface area (Å²) >= 11 is 11.9. The number of sulfone groups is 1. The van der Waals surface area contributed by atoms with Gasteiger partial charge in [-0.3, -0.25) is 0 Å². The monoisotopic (exact) mass is 440 g/mol. The molecule has 0 aliphatic heterocycles. The number of hydrogen-bond acceptors (Lipinski definition) is 6. The quantitative estimate of drug-likeness (QED) is 0.548. The Morgan fingerprint density at radius 1 is 1.04 bits per heavy atom. The van der Waals surface area contributed by atoms with Crippen molar-refractivity contribution in [2.75, 3.05) is 13.4 Å². The fraction of sp³-hybridized carbons (Fsp3) is 0.263. The first-order chi connectivity index (χ1) is 13.3. The van der Waals surface area contributed by atoms with Crippen LogP contribution in [0.5, 0.6) is 5.75 Å². The number of methoxy groups -OCH3 is 1. The Bertz CT molecular complexity index is 1100. The topological polar surface area (TPSA) is 82.3 Å². The van der Waals surface area contributed by atoms with Crippen molar-refractivity contribution in [2.24, 2.45) is 0 Å². The maximum Gasteiger partial charge on any atom is 0.226 e. The number of ether oxygens (including phenoxy) is 1. The van der Waals surface area contributed by atoms with Crippen LogP contribution in [0.25, 0.3) is 0 Å². The molecule has 0 aliphatic carbocycles. The number of benzene rings is 2. The van der Waals surface area contributed by atoms with E-state index in [1.54, 1.807) is 18.2 Å². The van der Waals surface area contributed by atoms with Gasteiger partial charge >= 0.3 is 0 Å². The minimum Gasteiger partial charge on any atom is -0.495 e. The van der Waals surface area contributed by atoms with Crippen molar-refractivity contribution in [3.8, 4) is 5.75 Å². The van der Waals surface area contributed by atoms with E-state index in [4.69, 9.17) is 32.5 Å². The molecule has 0 fully saturated rings. The Kier molecular flexibility index (Phi) is 6.27. The van der Waals surface area contributed by atoms with Gasteiger partial charge in [0.05, 0.1) is 17.2 Å². The molecule has 0 unspecified atom stereocenters. The molecule has 2 aromatic carbocycles. The van der Waals surface area contributed by atoms with Crippen LogP contribution in [-0.4, -0.2) is 31.9 Å². The summed E-state index contributed by atoms with van der Waals surface area (Å²) in [6.07, 6.45) is 2.80. The van der Waals surface area contributed by atoms with Crippen molar-refractivity contribution < 1.29 is 17.7 Å². The zero-order chi connectivity index (χ0) is 20.3. The van der Waals surface area contributed by atoms with Crippen molar-refractivity contribution in [2.45, 2.75) is 24.2 Å². The lowest BCUT2D eigenvalue weighted by atomic mass is 10.1. The SMILES string of the molecule is COc1cc(Cc2noc(CCc3ccc(Cl)c(Cl)c3)n2)ccc1S(C)(=O)=O. The van der Waals surface area contributed by atoms with Crippen LogP contribution in [0, 0.1) is 0 Å². The molecule has 0 aliphatic rings. The second kappa shape index (κ2) is 8.51. The number of rotatable bonds is 7. The highest BCUT2D eigenvalue weighted by molar-refractivity contribution is 7.90. The van der Waals surface area contributed by atoms with E-state index in [9.17, 15) is 8.42 Å². The van der Waals surface area contributed by atoms with Crippen LogP contribution in [0.2, 0.25) is 10.0 Å². The number of halogens is 2. The summed E-state index contributed by atoms with van der Waals surface area (Å²) in [6, 6.07) is 10.4. The minimum absolute atomic E-state index is 0.147. The third-order valence-electron chi connectivity index (χ3n) is 4.11. The van der Waals surface area contributed by atoms with E-state index in [2.05, 4.69) is 10.1 Å². The lowest BCUT2D eigenvalue weighted by molar-refractivity contribution is 0.373. The van der Waals surface area contributed by atoms with Gasteiger partial charge in [0, 0.05) is 19.1 Å². The van der Waals surface area contributed by atoms with Crippen LogP contribution in [-0.2, 0) is 29.1 Å². The lowest BCUT2D eigenvalue weighted by Crippen LogP contribution is -2.02. The number of nitrogens with zero attached hydrogens (tertiary/aromatic N) is 2. The molecule has 6 nitrogen and oxygen atoms in total. The van der Waals surface area contributed by atoms with Gasteiger partial charge in [-0.15, -0.1) is 0 Å². The zero-order valence-corrected chi connectivity index (χ0v) is 17.6. The summed E-state index contributed by atoms with van der Waals surface area (Å²) in [4.78, 5) is 4.54. The molecule has 0 saturated carbocycles. The molecule has 3 aromatic rings. The maximum absolute atomic E-state index is 11.8. The van der Waals surface area contributed by atoms with Crippen molar-refractivity contribution in [1.29, 1.82) is 0 Å². The fourth-order valence-electron chi connectivity index (χ4n) is 2.72. The van der Waals surface area contributed by atoms with Gasteiger partial charge in [0.15, 0.2) is 15.7 Å². The maximum atomic E-state index is 11.8. The molecule has 0 spiro atoms. The van der Waals surface area contributed by atoms with Crippen molar-refractivity contribution in [1.82, 2.24) is 10.1 Å². The van der Waals surface area contributed by atoms with Crippen LogP contribution < -0.4 is 4.74 Å². The van der Waals surface area contributed by atoms with Crippen molar-refractivity contribution in [3.05, 3.63) is 69.3 Å². The Hall–Kier alpha value is -2.09. The second-order valence-corrected chi connectivity index (χ2v) is 9.09. The summed E-state index contributed by atoms with van der Waals surface area (Å²) in [5, 5.41) is 5.02. The van der Waals surface area contributed by atoms with E-state index in [-0.39, 0.29) is 4.90 Å². The highest BCUT2D eigenvalue weighted by Gasteiger charge is 2.16. The molecule has 1 aromatic heterocycles. The van der Waals surface area contributed by atoms with E-state index in [0.717, 1.165) is 17.4 Å². The molecule has 0 saturated heterocycles. The third-order valence-corrected chi connectivity index (χ3v) is 5.99. The number of aromatic nitrogens is 2. The van der Waals surface area contributed by atoms with Crippen LogP contribution in [0.15, 0.2) is 45.8 Å². The third kappa shape index (κ3) is 5.04. The second-order valence-electron chi connectivity index (χ2n) is 6.29. The molecule has 3 rings (SSSR count). The van der Waals surface area contributed by atoms with Crippen LogP contribution in [0.3, 0.4) is 0 Å². The smallest absolute Gasteiger partial charge is 0.226 e. The Morgan fingerprint density at radius 2 is 1.79 bits per heavy atom. The van der Waals surface area contributed by atoms with E-state index in [1.165, 1.54) is 13.2 Å². The Labute approximate surface area is 173 Å². The van der Waals surface area contributed by atoms with Gasteiger partial charge in [0.25, 0.3) is 0 Å². The highest BCUT2D eigenvalue weighted by Crippen LogP contribution is 2.26. The molecule has 9 heteroatoms. The molecule has 0 radical (unpaired) electrons. The Morgan fingerprint density at radius 3 is 2.46 bits per heavy atom. The predicted octanol–water partition coefficient (Wildman–Crippen LogP) is 4.16. The van der Waals surface area contributed by atoms with Gasteiger partial charge in [-0.2, -0.15) is 4.98 Å². The average Bonchev–Trinajstić information content (AvgIpc) is 3.09. The van der Waals surface area contributed by atoms with Gasteiger partial charge in [-0.25, -0.2) is 8.42 Å². The van der Waals surface area contributed by atoms with Crippen LogP contribution >= 0.6 is 23.2 Å². The van der Waals surface area contributed by atoms with Crippen molar-refractivity contribution >= 4 is 33.0 Å². The largest absolute Gasteiger partial charge is 0.495 e. The van der Waals surface area contributed by atoms with Gasteiger partial charge < -0.3 is 9.26 Å². The van der Waals surface area contributed by atoms with Gasteiger partial charge in [0.1, 0.15) is 10.6 Å². The van der Waals surface area contributed by atoms with E-state index in [1.807, 2.05) is 12.1 Å². The summed E-state index contributed by atoms with van der Waals surface area (Å²) in [5.74, 6) is 1.32. The van der Waals surface area contributed by atoms with Gasteiger partial charge in [0.2, 0.25) is 5.89 Å². The number of hydrogen-bond donors (Lipinski definition) is 0. The summed E-state index contributed by atoms with van der Waals surface area (Å²) in [6.45, 7) is 0. The predicted molar refractivity (Wildman–Crippen MR) is 107 cm³/mol. The molecule has 0 N–H and O–H groups in total.